The molecule has 15 heavy (non-hydrogen) atoms. The number of hydrogen-bond acceptors (Lipinski definition) is 0. The van der Waals surface area contributed by atoms with E-state index in [0.29, 0.717) is 0 Å². The van der Waals surface area contributed by atoms with Crippen LogP contribution >= 0.6 is 0 Å². The van der Waals surface area contributed by atoms with Gasteiger partial charge in [0, 0.05) is 0 Å². The van der Waals surface area contributed by atoms with Crippen molar-refractivity contribution in [2.75, 3.05) is 0 Å². The molecule has 0 radical (unpaired) electrons. The highest BCUT2D eigenvalue weighted by molar-refractivity contribution is 5.59. The molecule has 2 rings (SSSR count). The first kappa shape index (κ1) is 12.6. The van der Waals surface area contributed by atoms with E-state index < -0.39 is 0 Å². The Balaban J connectivity index is 0.000000280. The molecule has 0 saturated carbocycles. The summed E-state index contributed by atoms with van der Waals surface area (Å²) in [6.07, 6.45) is 5.50. The van der Waals surface area contributed by atoms with Crippen LogP contribution in [0.5, 0.6) is 0 Å². The minimum Gasteiger partial charge on any atom is -0.373 e. The average molecular weight is 200 g/mol. The Morgan fingerprint density at radius 3 is 2.00 bits per heavy atom. The van der Waals surface area contributed by atoms with Gasteiger partial charge in [-0.3, -0.25) is 9.82 Å². The van der Waals surface area contributed by atoms with E-state index in [2.05, 4.69) is 36.4 Å². The third-order valence-electron chi connectivity index (χ3n) is 1.69. The Labute approximate surface area is 86.7 Å². The van der Waals surface area contributed by atoms with Crippen LogP contribution in [0.15, 0.2) is 30.3 Å². The summed E-state index contributed by atoms with van der Waals surface area (Å²) < 4.78 is 0. The van der Waals surface area contributed by atoms with E-state index in [0.717, 1.165) is 6.42 Å². The highest BCUT2D eigenvalue weighted by Gasteiger charge is 2.00. The quantitative estimate of drug-likeness (QED) is 0.342. The Bertz CT molecular complexity index is 385. The van der Waals surface area contributed by atoms with Gasteiger partial charge in [0.05, 0.1) is 0 Å². The zero-order chi connectivity index (χ0) is 11.5. The molecule has 1 aliphatic carbocycles. The van der Waals surface area contributed by atoms with Crippen molar-refractivity contribution < 1.29 is 0 Å². The lowest BCUT2D eigenvalue weighted by atomic mass is 10.1. The summed E-state index contributed by atoms with van der Waals surface area (Å²) in [6.45, 7) is 0. The summed E-state index contributed by atoms with van der Waals surface area (Å²) in [4.78, 5) is 3.00. The van der Waals surface area contributed by atoms with Crippen molar-refractivity contribution in [3.8, 4) is 0 Å². The second-order valence-corrected chi connectivity index (χ2v) is 2.48. The van der Waals surface area contributed by atoms with E-state index in [1.807, 2.05) is 0 Å². The van der Waals surface area contributed by atoms with Crippen molar-refractivity contribution in [2.24, 2.45) is 0 Å². The molecule has 1 aromatic carbocycles. The first-order valence-corrected chi connectivity index (χ1v) is 4.01. The molecule has 0 spiro atoms. The van der Waals surface area contributed by atoms with Gasteiger partial charge in [-0.05, 0) is 17.5 Å². The van der Waals surface area contributed by atoms with E-state index in [1.54, 1.807) is 0 Å². The van der Waals surface area contributed by atoms with Crippen LogP contribution in [-0.2, 0) is 6.42 Å². The second kappa shape index (κ2) is 8.19. The van der Waals surface area contributed by atoms with Crippen LogP contribution in [0.4, 0.5) is 0 Å². The van der Waals surface area contributed by atoms with Gasteiger partial charge in [0.25, 0.3) is 0 Å². The number of hydrogen-bond donors (Lipinski definition) is 0. The van der Waals surface area contributed by atoms with Crippen LogP contribution in [0.25, 0.3) is 38.0 Å². The Morgan fingerprint density at radius 2 is 1.47 bits per heavy atom. The molecule has 0 aliphatic heterocycles. The number of fused-ring (bicyclic) bond motifs is 1. The zero-order valence-electron chi connectivity index (χ0n) is 7.85. The third kappa shape index (κ3) is 5.00. The van der Waals surface area contributed by atoms with Crippen LogP contribution < -0.4 is 0 Å². The smallest absolute Gasteiger partial charge is 0.00882 e. The summed E-state index contributed by atoms with van der Waals surface area (Å²) in [7, 11) is 0. The first-order valence-electron chi connectivity index (χ1n) is 4.01. The fraction of sp³-hybridized carbons (Fsp3) is 0.111. The number of rotatable bonds is 0. The maximum atomic E-state index is 6.75. The van der Waals surface area contributed by atoms with Crippen LogP contribution in [0.2, 0.25) is 0 Å². The molecule has 0 bridgehead atoms. The van der Waals surface area contributed by atoms with Gasteiger partial charge < -0.3 is 22.1 Å². The normalized spacial score (nSPS) is 9.33. The molecule has 76 valence electrons. The third-order valence-corrected chi connectivity index (χ3v) is 1.69. The van der Waals surface area contributed by atoms with Crippen molar-refractivity contribution in [3.63, 3.8) is 0 Å². The van der Waals surface area contributed by atoms with Gasteiger partial charge in [-0.2, -0.15) is 0 Å². The molecule has 0 saturated heterocycles. The zero-order valence-corrected chi connectivity index (χ0v) is 7.85. The summed E-state index contributed by atoms with van der Waals surface area (Å²) >= 11 is 0. The summed E-state index contributed by atoms with van der Waals surface area (Å²) in [5.41, 5.74) is 29.8. The highest BCUT2D eigenvalue weighted by atomic mass is 15.0. The molecule has 0 fully saturated rings. The van der Waals surface area contributed by atoms with Crippen LogP contribution in [-0.4, -0.2) is 0 Å². The maximum absolute atomic E-state index is 6.75. The molecule has 0 heterocycles. The largest absolute Gasteiger partial charge is 0.373 e. The molecule has 0 atom stereocenters. The van der Waals surface area contributed by atoms with E-state index in [1.165, 1.54) is 21.0 Å². The van der Waals surface area contributed by atoms with Crippen molar-refractivity contribution in [1.82, 2.24) is 0 Å². The predicted octanol–water partition coefficient (Wildman–Crippen LogP) is 3.99. The monoisotopic (exact) mass is 200 g/mol. The van der Waals surface area contributed by atoms with E-state index in [-0.39, 0.29) is 0 Å². The molecule has 0 amide bonds. The van der Waals surface area contributed by atoms with Crippen molar-refractivity contribution in [3.05, 3.63) is 73.4 Å². The molecule has 6 heteroatoms. The molecule has 0 unspecified atom stereocenters. The minimum atomic E-state index is 1.12. The van der Waals surface area contributed by atoms with Gasteiger partial charge in [-0.25, -0.2) is 0 Å². The van der Waals surface area contributed by atoms with Crippen molar-refractivity contribution >= 4 is 6.08 Å². The Kier molecular flexibility index (Phi) is 6.87. The summed E-state index contributed by atoms with van der Waals surface area (Å²) in [5, 5.41) is 0. The second-order valence-electron chi connectivity index (χ2n) is 2.48. The van der Waals surface area contributed by atoms with Gasteiger partial charge in [-0.1, -0.05) is 36.4 Å². The van der Waals surface area contributed by atoms with Crippen LogP contribution in [0.1, 0.15) is 11.1 Å². The SMILES string of the molecule is C1=Cc2ccccc2C1.[N-]=[N+]=[N-].[N-]=[N+]=[N-]. The van der Waals surface area contributed by atoms with E-state index >= 15 is 0 Å². The van der Waals surface area contributed by atoms with Gasteiger partial charge in [0.1, 0.15) is 0 Å². The molecule has 1 aliphatic rings. The van der Waals surface area contributed by atoms with Crippen molar-refractivity contribution in [1.29, 1.82) is 0 Å². The fourth-order valence-corrected chi connectivity index (χ4v) is 1.20. The fourth-order valence-electron chi connectivity index (χ4n) is 1.20. The van der Waals surface area contributed by atoms with Crippen LogP contribution in [0, 0.1) is 0 Å². The first-order chi connectivity index (χ1) is 7.29. The Hall–Kier alpha value is -2.42. The lowest BCUT2D eigenvalue weighted by Gasteiger charge is -1.93. The number of benzene rings is 1. The predicted molar refractivity (Wildman–Crippen MR) is 59.3 cm³/mol. The lowest BCUT2D eigenvalue weighted by Crippen LogP contribution is -1.76. The van der Waals surface area contributed by atoms with Gasteiger partial charge in [0.15, 0.2) is 0 Å². The van der Waals surface area contributed by atoms with Gasteiger partial charge in [-0.15, -0.1) is 0 Å². The molecule has 0 aromatic heterocycles. The topological polar surface area (TPSA) is 117 Å². The molecular formula is C9H8N6-2. The van der Waals surface area contributed by atoms with Gasteiger partial charge >= 0.3 is 0 Å². The standard InChI is InChI=1S/C9H8.2N3/c1-2-5-9-7-3-6-8(9)4-1;2*1-3-2/h1-6H,7H2;;/q;2*-1. The molecular weight excluding hydrogens is 192 g/mol. The summed E-state index contributed by atoms with van der Waals surface area (Å²) in [5.74, 6) is 0. The average Bonchev–Trinajstić information content (AvgIpc) is 2.67. The minimum absolute atomic E-state index is 1.12. The van der Waals surface area contributed by atoms with E-state index in [9.17, 15) is 0 Å². The number of allylic oxidation sites excluding steroid dienone is 1. The lowest BCUT2D eigenvalue weighted by molar-refractivity contribution is 1.31. The molecule has 6 nitrogen and oxygen atoms in total. The van der Waals surface area contributed by atoms with Crippen LogP contribution in [0.3, 0.4) is 0 Å². The highest BCUT2D eigenvalue weighted by Crippen LogP contribution is 2.17. The summed E-state index contributed by atoms with van der Waals surface area (Å²) in [6, 6.07) is 8.49. The maximum Gasteiger partial charge on any atom is -0.00882 e. The molecule has 1 aromatic rings. The van der Waals surface area contributed by atoms with Gasteiger partial charge in [0.2, 0.25) is 0 Å². The number of nitrogens with zero attached hydrogens (tertiary/aromatic N) is 6. The van der Waals surface area contributed by atoms with E-state index in [4.69, 9.17) is 22.1 Å². The van der Waals surface area contributed by atoms with Crippen molar-refractivity contribution in [2.45, 2.75) is 6.42 Å². The molecule has 0 N–H and O–H groups in total. The Morgan fingerprint density at radius 1 is 0.933 bits per heavy atom.